The van der Waals surface area contributed by atoms with Gasteiger partial charge in [-0.05, 0) is 5.56 Å². The Balaban J connectivity index is 1.56. The van der Waals surface area contributed by atoms with Gasteiger partial charge in [0.15, 0.2) is 6.10 Å². The minimum atomic E-state index is -1.03. The average Bonchev–Trinajstić information content (AvgIpc) is 2.46. The maximum atomic E-state index is 12.3. The molecular formula is C15H21N3O2. The van der Waals surface area contributed by atoms with Crippen LogP contribution in [0.4, 0.5) is 0 Å². The Labute approximate surface area is 119 Å². The molecule has 5 nitrogen and oxygen atoms in total. The van der Waals surface area contributed by atoms with Crippen molar-refractivity contribution in [3.63, 3.8) is 0 Å². The van der Waals surface area contributed by atoms with E-state index < -0.39 is 6.10 Å². The monoisotopic (exact) mass is 275 g/mol. The topological polar surface area (TPSA) is 55.8 Å². The lowest BCUT2D eigenvalue weighted by Crippen LogP contribution is -2.62. The Morgan fingerprint density at radius 2 is 1.80 bits per heavy atom. The summed E-state index contributed by atoms with van der Waals surface area (Å²) < 4.78 is 0. The van der Waals surface area contributed by atoms with E-state index in [1.54, 1.807) is 17.0 Å². The summed E-state index contributed by atoms with van der Waals surface area (Å²) in [6.45, 7) is 5.33. The highest BCUT2D eigenvalue weighted by atomic mass is 16.3. The summed E-state index contributed by atoms with van der Waals surface area (Å²) in [7, 11) is 0. The molecule has 1 aromatic rings. The van der Waals surface area contributed by atoms with Crippen molar-refractivity contribution in [3.05, 3.63) is 35.9 Å². The molecule has 2 heterocycles. The van der Waals surface area contributed by atoms with Crippen LogP contribution in [0, 0.1) is 0 Å². The summed E-state index contributed by atoms with van der Waals surface area (Å²) in [6.07, 6.45) is -1.03. The Morgan fingerprint density at radius 1 is 1.15 bits per heavy atom. The molecule has 108 valence electrons. The third-order valence-corrected chi connectivity index (χ3v) is 4.25. The summed E-state index contributed by atoms with van der Waals surface area (Å²) in [6, 6.07) is 9.77. The van der Waals surface area contributed by atoms with E-state index in [0.717, 1.165) is 26.2 Å². The SMILES string of the molecule is O=C(C(O)c1ccccc1)N1CCN(C2CNC2)CC1. The van der Waals surface area contributed by atoms with Crippen LogP contribution < -0.4 is 5.32 Å². The molecule has 0 bridgehead atoms. The zero-order chi connectivity index (χ0) is 13.9. The van der Waals surface area contributed by atoms with Gasteiger partial charge in [-0.2, -0.15) is 0 Å². The van der Waals surface area contributed by atoms with E-state index in [2.05, 4.69) is 10.2 Å². The normalized spacial score (nSPS) is 22.4. The molecular weight excluding hydrogens is 254 g/mol. The zero-order valence-corrected chi connectivity index (χ0v) is 11.5. The van der Waals surface area contributed by atoms with Crippen molar-refractivity contribution in [1.82, 2.24) is 15.1 Å². The van der Waals surface area contributed by atoms with Crippen LogP contribution in [0.25, 0.3) is 0 Å². The highest BCUT2D eigenvalue weighted by Gasteiger charge is 2.31. The van der Waals surface area contributed by atoms with Crippen LogP contribution >= 0.6 is 0 Å². The molecule has 0 aliphatic carbocycles. The summed E-state index contributed by atoms with van der Waals surface area (Å²) >= 11 is 0. The second-order valence-corrected chi connectivity index (χ2v) is 5.49. The van der Waals surface area contributed by atoms with E-state index in [0.29, 0.717) is 24.7 Å². The number of rotatable bonds is 3. The first-order valence-corrected chi connectivity index (χ1v) is 7.22. The first-order valence-electron chi connectivity index (χ1n) is 7.22. The molecule has 2 aliphatic rings. The van der Waals surface area contributed by atoms with Crippen molar-refractivity contribution in [3.8, 4) is 0 Å². The summed E-state index contributed by atoms with van der Waals surface area (Å²) in [5.74, 6) is -0.178. The van der Waals surface area contributed by atoms with Gasteiger partial charge in [0.25, 0.3) is 5.91 Å². The lowest BCUT2D eigenvalue weighted by Gasteiger charge is -2.43. The lowest BCUT2D eigenvalue weighted by molar-refractivity contribution is -0.142. The molecule has 1 atom stereocenters. The maximum Gasteiger partial charge on any atom is 0.256 e. The van der Waals surface area contributed by atoms with E-state index in [1.165, 1.54) is 0 Å². The second kappa shape index (κ2) is 5.91. The highest BCUT2D eigenvalue weighted by molar-refractivity contribution is 5.82. The third kappa shape index (κ3) is 2.70. The molecule has 0 radical (unpaired) electrons. The van der Waals surface area contributed by atoms with Gasteiger partial charge in [-0.15, -0.1) is 0 Å². The smallest absolute Gasteiger partial charge is 0.256 e. The molecule has 0 saturated carbocycles. The van der Waals surface area contributed by atoms with Gasteiger partial charge in [-0.1, -0.05) is 30.3 Å². The van der Waals surface area contributed by atoms with Crippen LogP contribution in [-0.4, -0.2) is 66.1 Å². The van der Waals surface area contributed by atoms with Crippen molar-refractivity contribution in [2.45, 2.75) is 12.1 Å². The molecule has 0 spiro atoms. The first-order chi connectivity index (χ1) is 9.75. The van der Waals surface area contributed by atoms with Crippen molar-refractivity contribution in [1.29, 1.82) is 0 Å². The van der Waals surface area contributed by atoms with Crippen LogP contribution in [0.1, 0.15) is 11.7 Å². The zero-order valence-electron chi connectivity index (χ0n) is 11.5. The number of nitrogens with one attached hydrogen (secondary N) is 1. The number of carbonyl (C=O) groups excluding carboxylic acids is 1. The van der Waals surface area contributed by atoms with Crippen LogP contribution in [0.15, 0.2) is 30.3 Å². The van der Waals surface area contributed by atoms with Crippen LogP contribution in [0.5, 0.6) is 0 Å². The van der Waals surface area contributed by atoms with E-state index >= 15 is 0 Å². The standard InChI is InChI=1S/C15H21N3O2/c19-14(12-4-2-1-3-5-12)15(20)18-8-6-17(7-9-18)13-10-16-11-13/h1-5,13-14,16,19H,6-11H2. The largest absolute Gasteiger partial charge is 0.378 e. The Morgan fingerprint density at radius 3 is 2.35 bits per heavy atom. The van der Waals surface area contributed by atoms with Crippen molar-refractivity contribution in [2.75, 3.05) is 39.3 Å². The Hall–Kier alpha value is -1.43. The van der Waals surface area contributed by atoms with Crippen molar-refractivity contribution in [2.24, 2.45) is 0 Å². The summed E-state index contributed by atoms with van der Waals surface area (Å²) in [5, 5.41) is 13.4. The van der Waals surface area contributed by atoms with Gasteiger partial charge in [0.1, 0.15) is 0 Å². The van der Waals surface area contributed by atoms with Crippen molar-refractivity contribution < 1.29 is 9.90 Å². The summed E-state index contributed by atoms with van der Waals surface area (Å²) in [4.78, 5) is 16.5. The molecule has 5 heteroatoms. The molecule has 2 fully saturated rings. The molecule has 1 amide bonds. The van der Waals surface area contributed by atoms with Crippen LogP contribution in [0.3, 0.4) is 0 Å². The van der Waals surface area contributed by atoms with E-state index in [4.69, 9.17) is 0 Å². The fraction of sp³-hybridized carbons (Fsp3) is 0.533. The molecule has 20 heavy (non-hydrogen) atoms. The molecule has 1 unspecified atom stereocenters. The number of aliphatic hydroxyl groups is 1. The van der Waals surface area contributed by atoms with Gasteiger partial charge in [0.2, 0.25) is 0 Å². The fourth-order valence-electron chi connectivity index (χ4n) is 2.79. The molecule has 2 saturated heterocycles. The quantitative estimate of drug-likeness (QED) is 0.804. The average molecular weight is 275 g/mol. The Kier molecular flexibility index (Phi) is 4.00. The predicted octanol–water partition coefficient (Wildman–Crippen LogP) is -0.164. The Bertz CT molecular complexity index is 453. The van der Waals surface area contributed by atoms with Crippen molar-refractivity contribution >= 4 is 5.91 Å². The number of nitrogens with zero attached hydrogens (tertiary/aromatic N) is 2. The van der Waals surface area contributed by atoms with E-state index in [9.17, 15) is 9.90 Å². The number of benzene rings is 1. The maximum absolute atomic E-state index is 12.3. The van der Waals surface area contributed by atoms with Gasteiger partial charge < -0.3 is 15.3 Å². The second-order valence-electron chi connectivity index (χ2n) is 5.49. The predicted molar refractivity (Wildman–Crippen MR) is 76.2 cm³/mol. The third-order valence-electron chi connectivity index (χ3n) is 4.25. The molecule has 2 aliphatic heterocycles. The minimum Gasteiger partial charge on any atom is -0.378 e. The molecule has 1 aromatic carbocycles. The number of amides is 1. The van der Waals surface area contributed by atoms with Gasteiger partial charge in [0.05, 0.1) is 0 Å². The van der Waals surface area contributed by atoms with Gasteiger partial charge in [-0.25, -0.2) is 0 Å². The number of aliphatic hydroxyl groups excluding tert-OH is 1. The molecule has 3 rings (SSSR count). The molecule has 0 aromatic heterocycles. The minimum absolute atomic E-state index is 0.178. The number of hydrogen-bond acceptors (Lipinski definition) is 4. The van der Waals surface area contributed by atoms with Crippen LogP contribution in [0.2, 0.25) is 0 Å². The summed E-state index contributed by atoms with van der Waals surface area (Å²) in [5.41, 5.74) is 0.670. The van der Waals surface area contributed by atoms with Gasteiger partial charge >= 0.3 is 0 Å². The van der Waals surface area contributed by atoms with Gasteiger partial charge in [-0.3, -0.25) is 9.69 Å². The fourth-order valence-corrected chi connectivity index (χ4v) is 2.79. The van der Waals surface area contributed by atoms with E-state index in [1.807, 2.05) is 18.2 Å². The highest BCUT2D eigenvalue weighted by Crippen LogP contribution is 2.17. The number of carbonyl (C=O) groups is 1. The number of piperazine rings is 1. The van der Waals surface area contributed by atoms with Crippen LogP contribution in [-0.2, 0) is 4.79 Å². The molecule has 2 N–H and O–H groups in total. The lowest BCUT2D eigenvalue weighted by atomic mass is 10.1. The van der Waals surface area contributed by atoms with E-state index in [-0.39, 0.29) is 5.91 Å². The first kappa shape index (κ1) is 13.5. The van der Waals surface area contributed by atoms with Gasteiger partial charge in [0, 0.05) is 45.3 Å². The number of hydrogen-bond donors (Lipinski definition) is 2.